The monoisotopic (exact) mass is 369 g/mol. The summed E-state index contributed by atoms with van der Waals surface area (Å²) in [7, 11) is 3.84. The average molecular weight is 370 g/mol. The van der Waals surface area contributed by atoms with Crippen LogP contribution in [0.1, 0.15) is 18.9 Å². The first-order valence-corrected chi connectivity index (χ1v) is 9.85. The van der Waals surface area contributed by atoms with E-state index in [0.29, 0.717) is 6.42 Å². The van der Waals surface area contributed by atoms with E-state index in [1.54, 1.807) is 7.11 Å². The Morgan fingerprint density at radius 1 is 1.11 bits per heavy atom. The van der Waals surface area contributed by atoms with Gasteiger partial charge in [0.1, 0.15) is 5.75 Å². The Hall–Kier alpha value is -2.11. The van der Waals surface area contributed by atoms with Gasteiger partial charge in [-0.1, -0.05) is 37.3 Å². The molecule has 0 saturated carbocycles. The van der Waals surface area contributed by atoms with E-state index in [-0.39, 0.29) is 11.9 Å². The van der Waals surface area contributed by atoms with E-state index in [9.17, 15) is 4.79 Å². The number of likely N-dealkylation sites (N-methyl/N-ethyl adjacent to an activating group) is 1. The number of methoxy groups -OCH3 is 1. The molecule has 1 unspecified atom stereocenters. The number of hydrogen-bond acceptors (Lipinski definition) is 4. The summed E-state index contributed by atoms with van der Waals surface area (Å²) in [6.45, 7) is 7.42. The predicted molar refractivity (Wildman–Crippen MR) is 110 cm³/mol. The summed E-state index contributed by atoms with van der Waals surface area (Å²) in [5.41, 5.74) is 1.04. The van der Waals surface area contributed by atoms with Crippen LogP contribution < -0.4 is 10.1 Å². The van der Waals surface area contributed by atoms with E-state index in [1.807, 2.05) is 30.3 Å². The van der Waals surface area contributed by atoms with Crippen LogP contribution in [0.4, 0.5) is 0 Å². The number of ether oxygens (including phenoxy) is 1. The zero-order valence-electron chi connectivity index (χ0n) is 16.7. The molecule has 5 heteroatoms. The molecule has 0 aromatic heterocycles. The first kappa shape index (κ1) is 19.6. The SMILES string of the molecule is CCC(CN1CCN(C)CC1)NC(=O)Cc1ccc(OC)c2ccccc12. The maximum atomic E-state index is 12.7. The first-order valence-electron chi connectivity index (χ1n) is 9.85. The lowest BCUT2D eigenvalue weighted by atomic mass is 10.0. The van der Waals surface area contributed by atoms with Crippen molar-refractivity contribution in [3.63, 3.8) is 0 Å². The molecule has 1 aliphatic heterocycles. The fraction of sp³-hybridized carbons (Fsp3) is 0.500. The molecule has 3 rings (SSSR count). The maximum Gasteiger partial charge on any atom is 0.224 e. The first-order chi connectivity index (χ1) is 13.1. The van der Waals surface area contributed by atoms with Gasteiger partial charge >= 0.3 is 0 Å². The molecule has 146 valence electrons. The van der Waals surface area contributed by atoms with Crippen molar-refractivity contribution in [1.82, 2.24) is 15.1 Å². The molecule has 0 bridgehead atoms. The fourth-order valence-electron chi connectivity index (χ4n) is 3.74. The van der Waals surface area contributed by atoms with Gasteiger partial charge in [0.25, 0.3) is 0 Å². The zero-order chi connectivity index (χ0) is 19.2. The smallest absolute Gasteiger partial charge is 0.224 e. The van der Waals surface area contributed by atoms with Gasteiger partial charge in [0.15, 0.2) is 0 Å². The number of fused-ring (bicyclic) bond motifs is 1. The third-order valence-corrected chi connectivity index (χ3v) is 5.48. The minimum Gasteiger partial charge on any atom is -0.496 e. The predicted octanol–water partition coefficient (Wildman–Crippen LogP) is 2.53. The molecule has 1 saturated heterocycles. The Morgan fingerprint density at radius 2 is 1.81 bits per heavy atom. The molecule has 0 radical (unpaired) electrons. The molecule has 1 N–H and O–H groups in total. The molecule has 0 spiro atoms. The van der Waals surface area contributed by atoms with Crippen molar-refractivity contribution in [2.24, 2.45) is 0 Å². The number of carbonyl (C=O) groups is 1. The molecule has 27 heavy (non-hydrogen) atoms. The Kier molecular flexibility index (Phi) is 6.69. The molecule has 1 heterocycles. The number of nitrogens with zero attached hydrogens (tertiary/aromatic N) is 2. The van der Waals surface area contributed by atoms with Crippen molar-refractivity contribution in [3.05, 3.63) is 42.0 Å². The van der Waals surface area contributed by atoms with E-state index < -0.39 is 0 Å². The number of rotatable bonds is 7. The van der Waals surface area contributed by atoms with E-state index in [1.165, 1.54) is 0 Å². The molecule has 2 aromatic rings. The molecule has 1 atom stereocenters. The second-order valence-corrected chi connectivity index (χ2v) is 7.43. The lowest BCUT2D eigenvalue weighted by Gasteiger charge is -2.34. The van der Waals surface area contributed by atoms with Crippen LogP contribution >= 0.6 is 0 Å². The lowest BCUT2D eigenvalue weighted by molar-refractivity contribution is -0.121. The summed E-state index contributed by atoms with van der Waals surface area (Å²) in [6.07, 6.45) is 1.34. The van der Waals surface area contributed by atoms with Crippen LogP contribution in [-0.4, -0.2) is 68.6 Å². The number of amides is 1. The zero-order valence-corrected chi connectivity index (χ0v) is 16.7. The molecule has 2 aromatic carbocycles. The summed E-state index contributed by atoms with van der Waals surface area (Å²) in [6, 6.07) is 12.3. The largest absolute Gasteiger partial charge is 0.496 e. The van der Waals surface area contributed by atoms with Crippen molar-refractivity contribution in [2.45, 2.75) is 25.8 Å². The van der Waals surface area contributed by atoms with Crippen molar-refractivity contribution < 1.29 is 9.53 Å². The summed E-state index contributed by atoms with van der Waals surface area (Å²) in [5, 5.41) is 5.37. The second kappa shape index (κ2) is 9.20. The minimum absolute atomic E-state index is 0.0892. The van der Waals surface area contributed by atoms with Crippen LogP contribution in [-0.2, 0) is 11.2 Å². The van der Waals surface area contributed by atoms with E-state index in [0.717, 1.165) is 61.2 Å². The number of carbonyl (C=O) groups excluding carboxylic acids is 1. The third kappa shape index (κ3) is 4.99. The van der Waals surface area contributed by atoms with Crippen LogP contribution in [0.25, 0.3) is 10.8 Å². The number of hydrogen-bond donors (Lipinski definition) is 1. The average Bonchev–Trinajstić information content (AvgIpc) is 2.69. The summed E-state index contributed by atoms with van der Waals surface area (Å²) in [5.74, 6) is 0.933. The molecular formula is C22H31N3O2. The third-order valence-electron chi connectivity index (χ3n) is 5.48. The van der Waals surface area contributed by atoms with Crippen molar-refractivity contribution in [3.8, 4) is 5.75 Å². The highest BCUT2D eigenvalue weighted by molar-refractivity contribution is 5.94. The topological polar surface area (TPSA) is 44.8 Å². The fourth-order valence-corrected chi connectivity index (χ4v) is 3.74. The van der Waals surface area contributed by atoms with Crippen LogP contribution in [0, 0.1) is 0 Å². The molecule has 1 fully saturated rings. The van der Waals surface area contributed by atoms with Gasteiger partial charge in [-0.15, -0.1) is 0 Å². The Balaban J connectivity index is 1.64. The van der Waals surface area contributed by atoms with Gasteiger partial charge in [-0.3, -0.25) is 9.69 Å². The molecular weight excluding hydrogens is 338 g/mol. The van der Waals surface area contributed by atoms with Gasteiger partial charge in [0.05, 0.1) is 13.5 Å². The van der Waals surface area contributed by atoms with Crippen LogP contribution in [0.5, 0.6) is 5.75 Å². The lowest BCUT2D eigenvalue weighted by Crippen LogP contribution is -2.50. The highest BCUT2D eigenvalue weighted by atomic mass is 16.5. The molecule has 1 aliphatic rings. The van der Waals surface area contributed by atoms with Crippen LogP contribution in [0.2, 0.25) is 0 Å². The van der Waals surface area contributed by atoms with Crippen molar-refractivity contribution >= 4 is 16.7 Å². The number of nitrogens with one attached hydrogen (secondary N) is 1. The van der Waals surface area contributed by atoms with E-state index >= 15 is 0 Å². The number of piperazine rings is 1. The summed E-state index contributed by atoms with van der Waals surface area (Å²) in [4.78, 5) is 17.5. The Morgan fingerprint density at radius 3 is 2.48 bits per heavy atom. The Labute approximate surface area is 162 Å². The van der Waals surface area contributed by atoms with Gasteiger partial charge in [-0.2, -0.15) is 0 Å². The van der Waals surface area contributed by atoms with Crippen LogP contribution in [0.3, 0.4) is 0 Å². The number of benzene rings is 2. The van der Waals surface area contributed by atoms with E-state index in [2.05, 4.69) is 35.2 Å². The quantitative estimate of drug-likeness (QED) is 0.815. The van der Waals surface area contributed by atoms with Gasteiger partial charge in [0, 0.05) is 44.2 Å². The standard InChI is InChI=1S/C22H31N3O2/c1-4-18(16-25-13-11-24(2)12-14-25)23-22(26)15-17-9-10-21(27-3)20-8-6-5-7-19(17)20/h5-10,18H,4,11-16H2,1-3H3,(H,23,26). The van der Waals surface area contributed by atoms with Gasteiger partial charge in [0.2, 0.25) is 5.91 Å². The van der Waals surface area contributed by atoms with E-state index in [4.69, 9.17) is 4.74 Å². The Bertz CT molecular complexity index is 769. The van der Waals surface area contributed by atoms with Gasteiger partial charge < -0.3 is 15.0 Å². The summed E-state index contributed by atoms with van der Waals surface area (Å²) >= 11 is 0. The van der Waals surface area contributed by atoms with Gasteiger partial charge in [-0.05, 0) is 30.5 Å². The minimum atomic E-state index is 0.0892. The van der Waals surface area contributed by atoms with Crippen LogP contribution in [0.15, 0.2) is 36.4 Å². The highest BCUT2D eigenvalue weighted by Crippen LogP contribution is 2.28. The summed E-state index contributed by atoms with van der Waals surface area (Å²) < 4.78 is 5.45. The molecule has 5 nitrogen and oxygen atoms in total. The second-order valence-electron chi connectivity index (χ2n) is 7.43. The van der Waals surface area contributed by atoms with Crippen molar-refractivity contribution in [1.29, 1.82) is 0 Å². The molecule has 1 amide bonds. The van der Waals surface area contributed by atoms with Gasteiger partial charge in [-0.25, -0.2) is 0 Å². The maximum absolute atomic E-state index is 12.7. The highest BCUT2D eigenvalue weighted by Gasteiger charge is 2.19. The molecule has 0 aliphatic carbocycles. The normalized spacial score (nSPS) is 17.0. The van der Waals surface area contributed by atoms with Crippen molar-refractivity contribution in [2.75, 3.05) is 46.9 Å².